The van der Waals surface area contributed by atoms with E-state index >= 15 is 0 Å². The Morgan fingerprint density at radius 3 is 2.31 bits per heavy atom. The van der Waals surface area contributed by atoms with Gasteiger partial charge in [0, 0.05) is 25.7 Å². The molecule has 0 aliphatic carbocycles. The molecule has 2 fully saturated rings. The monoisotopic (exact) mass is 226 g/mol. The number of ether oxygens (including phenoxy) is 1. The van der Waals surface area contributed by atoms with E-state index in [0.29, 0.717) is 6.04 Å². The Morgan fingerprint density at radius 2 is 1.81 bits per heavy atom. The van der Waals surface area contributed by atoms with Crippen LogP contribution in [-0.4, -0.2) is 48.3 Å². The molecule has 2 aliphatic rings. The predicted molar refractivity (Wildman–Crippen MR) is 66.7 cm³/mol. The molecule has 0 radical (unpaired) electrons. The summed E-state index contributed by atoms with van der Waals surface area (Å²) in [4.78, 5) is 2.56. The first-order valence-corrected chi connectivity index (χ1v) is 6.52. The molecule has 0 unspecified atom stereocenters. The van der Waals surface area contributed by atoms with E-state index in [0.717, 1.165) is 13.1 Å². The van der Waals surface area contributed by atoms with Gasteiger partial charge in [-0.1, -0.05) is 0 Å². The largest absolute Gasteiger partial charge is 0.367 e. The van der Waals surface area contributed by atoms with Crippen LogP contribution in [0.5, 0.6) is 0 Å². The van der Waals surface area contributed by atoms with Crippen molar-refractivity contribution < 1.29 is 4.74 Å². The van der Waals surface area contributed by atoms with Crippen LogP contribution in [0.15, 0.2) is 0 Å². The molecular weight excluding hydrogens is 200 g/mol. The minimum absolute atomic E-state index is 0.0135. The zero-order valence-corrected chi connectivity index (χ0v) is 11.2. The second-order valence-electron chi connectivity index (χ2n) is 6.58. The van der Waals surface area contributed by atoms with Gasteiger partial charge in [-0.3, -0.25) is 4.90 Å². The van der Waals surface area contributed by atoms with E-state index in [1.54, 1.807) is 0 Å². The Balaban J connectivity index is 1.93. The van der Waals surface area contributed by atoms with Gasteiger partial charge in [0.05, 0.1) is 11.2 Å². The first-order valence-electron chi connectivity index (χ1n) is 6.52. The van der Waals surface area contributed by atoms with Crippen LogP contribution in [0.25, 0.3) is 0 Å². The van der Waals surface area contributed by atoms with E-state index in [1.165, 1.54) is 25.9 Å². The number of rotatable bonds is 2. The lowest BCUT2D eigenvalue weighted by molar-refractivity contribution is -0.181. The van der Waals surface area contributed by atoms with Crippen molar-refractivity contribution in [1.29, 1.82) is 0 Å². The van der Waals surface area contributed by atoms with Crippen LogP contribution in [0.1, 0.15) is 40.5 Å². The molecule has 2 aliphatic heterocycles. The third-order valence-corrected chi connectivity index (χ3v) is 3.40. The molecule has 1 atom stereocenters. The number of nitrogens with zero attached hydrogens (tertiary/aromatic N) is 1. The fourth-order valence-corrected chi connectivity index (χ4v) is 3.30. The van der Waals surface area contributed by atoms with Crippen molar-refractivity contribution in [2.45, 2.75) is 57.8 Å². The first-order chi connectivity index (χ1) is 7.36. The van der Waals surface area contributed by atoms with Gasteiger partial charge in [-0.05, 0) is 47.1 Å². The lowest BCUT2D eigenvalue weighted by Gasteiger charge is -2.47. The molecule has 3 heteroatoms. The van der Waals surface area contributed by atoms with Gasteiger partial charge in [-0.15, -0.1) is 0 Å². The van der Waals surface area contributed by atoms with E-state index in [9.17, 15) is 0 Å². The minimum atomic E-state index is -0.0135. The number of nitrogens with one attached hydrogen (secondary N) is 1. The average Bonchev–Trinajstić information content (AvgIpc) is 2.49. The molecule has 2 rings (SSSR count). The molecule has 0 aromatic carbocycles. The summed E-state index contributed by atoms with van der Waals surface area (Å²) in [5.74, 6) is 0. The topological polar surface area (TPSA) is 24.5 Å². The molecule has 0 bridgehead atoms. The molecule has 0 aromatic heterocycles. The highest BCUT2D eigenvalue weighted by molar-refractivity contribution is 4.91. The van der Waals surface area contributed by atoms with Crippen molar-refractivity contribution in [3.05, 3.63) is 0 Å². The molecular formula is C13H26N2O. The summed E-state index contributed by atoms with van der Waals surface area (Å²) in [7, 11) is 0. The van der Waals surface area contributed by atoms with Crippen LogP contribution in [0.4, 0.5) is 0 Å². The van der Waals surface area contributed by atoms with Crippen molar-refractivity contribution in [3.63, 3.8) is 0 Å². The fourth-order valence-electron chi connectivity index (χ4n) is 3.30. The molecule has 2 saturated heterocycles. The van der Waals surface area contributed by atoms with Gasteiger partial charge >= 0.3 is 0 Å². The summed E-state index contributed by atoms with van der Waals surface area (Å²) in [6.07, 6.45) is 2.67. The molecule has 0 spiro atoms. The van der Waals surface area contributed by atoms with Crippen molar-refractivity contribution in [2.75, 3.05) is 26.2 Å². The predicted octanol–water partition coefficient (Wildman–Crippen LogP) is 1.63. The van der Waals surface area contributed by atoms with E-state index in [-0.39, 0.29) is 11.2 Å². The normalized spacial score (nSPS) is 34.1. The van der Waals surface area contributed by atoms with Gasteiger partial charge in [0.15, 0.2) is 0 Å². The van der Waals surface area contributed by atoms with Gasteiger partial charge in [-0.2, -0.15) is 0 Å². The Labute approximate surface area is 99.5 Å². The van der Waals surface area contributed by atoms with Crippen molar-refractivity contribution in [2.24, 2.45) is 0 Å². The quantitative estimate of drug-likeness (QED) is 0.774. The second kappa shape index (κ2) is 4.28. The van der Waals surface area contributed by atoms with Crippen LogP contribution in [0.3, 0.4) is 0 Å². The van der Waals surface area contributed by atoms with Gasteiger partial charge in [0.2, 0.25) is 0 Å². The minimum Gasteiger partial charge on any atom is -0.367 e. The van der Waals surface area contributed by atoms with Crippen LogP contribution >= 0.6 is 0 Å². The molecule has 3 nitrogen and oxygen atoms in total. The molecule has 2 heterocycles. The third-order valence-electron chi connectivity index (χ3n) is 3.40. The summed E-state index contributed by atoms with van der Waals surface area (Å²) in [6.45, 7) is 13.3. The first kappa shape index (κ1) is 12.3. The van der Waals surface area contributed by atoms with Crippen molar-refractivity contribution in [1.82, 2.24) is 10.2 Å². The highest BCUT2D eigenvalue weighted by Gasteiger charge is 2.38. The van der Waals surface area contributed by atoms with Crippen molar-refractivity contribution >= 4 is 0 Å². The maximum absolute atomic E-state index is 6.09. The Hall–Kier alpha value is -0.120. The zero-order chi connectivity index (χ0) is 11.8. The molecule has 0 aromatic rings. The number of hydrogen-bond donors (Lipinski definition) is 1. The summed E-state index contributed by atoms with van der Waals surface area (Å²) in [5, 5.41) is 3.58. The lowest BCUT2D eigenvalue weighted by atomic mass is 9.98. The molecule has 1 N–H and O–H groups in total. The summed E-state index contributed by atoms with van der Waals surface area (Å²) < 4.78 is 6.09. The van der Waals surface area contributed by atoms with Crippen molar-refractivity contribution in [3.8, 4) is 0 Å². The third kappa shape index (κ3) is 3.19. The fraction of sp³-hybridized carbons (Fsp3) is 1.00. The van der Waals surface area contributed by atoms with E-state index < -0.39 is 0 Å². The summed E-state index contributed by atoms with van der Waals surface area (Å²) in [6, 6.07) is 0.699. The standard InChI is InChI=1S/C13H26N2O/c1-12(2)9-15(10-13(3,4)16-12)8-11-6-5-7-14-11/h11,14H,5-10H2,1-4H3/t11-/m0/s1. The summed E-state index contributed by atoms with van der Waals surface area (Å²) in [5.41, 5.74) is -0.0271. The van der Waals surface area contributed by atoms with Gasteiger partial charge in [0.25, 0.3) is 0 Å². The van der Waals surface area contributed by atoms with Crippen LogP contribution < -0.4 is 5.32 Å². The summed E-state index contributed by atoms with van der Waals surface area (Å²) >= 11 is 0. The highest BCUT2D eigenvalue weighted by Crippen LogP contribution is 2.28. The SMILES string of the molecule is CC1(C)CN(C[C@@H]2CCCN2)CC(C)(C)O1. The zero-order valence-electron chi connectivity index (χ0n) is 11.2. The van der Waals surface area contributed by atoms with Crippen LogP contribution in [-0.2, 0) is 4.74 Å². The van der Waals surface area contributed by atoms with E-state index in [1.807, 2.05) is 0 Å². The number of morpholine rings is 1. The van der Waals surface area contributed by atoms with Crippen LogP contribution in [0, 0.1) is 0 Å². The smallest absolute Gasteiger partial charge is 0.0760 e. The van der Waals surface area contributed by atoms with Gasteiger partial charge < -0.3 is 10.1 Å². The Morgan fingerprint density at radius 1 is 1.19 bits per heavy atom. The second-order valence-corrected chi connectivity index (χ2v) is 6.58. The highest BCUT2D eigenvalue weighted by atomic mass is 16.5. The molecule has 0 saturated carbocycles. The van der Waals surface area contributed by atoms with E-state index in [4.69, 9.17) is 4.74 Å². The van der Waals surface area contributed by atoms with E-state index in [2.05, 4.69) is 37.9 Å². The Kier molecular flexibility index (Phi) is 3.30. The molecule has 16 heavy (non-hydrogen) atoms. The maximum Gasteiger partial charge on any atom is 0.0760 e. The number of hydrogen-bond acceptors (Lipinski definition) is 3. The van der Waals surface area contributed by atoms with Crippen LogP contribution in [0.2, 0.25) is 0 Å². The average molecular weight is 226 g/mol. The molecule has 94 valence electrons. The van der Waals surface area contributed by atoms with Gasteiger partial charge in [0.1, 0.15) is 0 Å². The maximum atomic E-state index is 6.09. The Bertz CT molecular complexity index is 228. The van der Waals surface area contributed by atoms with Gasteiger partial charge in [-0.25, -0.2) is 0 Å². The lowest BCUT2D eigenvalue weighted by Crippen LogP contribution is -2.58. The molecule has 0 amide bonds.